The zero-order valence-corrected chi connectivity index (χ0v) is 9.65. The molecule has 1 N–H and O–H groups in total. The van der Waals surface area contributed by atoms with Gasteiger partial charge in [-0.1, -0.05) is 28.9 Å². The van der Waals surface area contributed by atoms with Gasteiger partial charge in [0, 0.05) is 17.0 Å². The lowest BCUT2D eigenvalue weighted by Crippen LogP contribution is -1.98. The summed E-state index contributed by atoms with van der Waals surface area (Å²) in [5.41, 5.74) is 2.37. The second-order valence-electron chi connectivity index (χ2n) is 3.58. The molecule has 1 aromatic heterocycles. The Bertz CT molecular complexity index is 519. The van der Waals surface area contributed by atoms with Crippen molar-refractivity contribution in [1.29, 1.82) is 0 Å². The molecule has 0 unspecified atom stereocenters. The Balaban J connectivity index is 2.24. The summed E-state index contributed by atoms with van der Waals surface area (Å²) in [5.74, 6) is -0.852. The van der Waals surface area contributed by atoms with Gasteiger partial charge < -0.3 is 9.63 Å². The van der Waals surface area contributed by atoms with Crippen LogP contribution in [0.3, 0.4) is 0 Å². The molecule has 0 aliphatic rings. The van der Waals surface area contributed by atoms with E-state index >= 15 is 0 Å². The SMILES string of the molecule is O=C(O)CCc1nocc1-c1ccc(Cl)cc1. The van der Waals surface area contributed by atoms with Crippen LogP contribution in [0.15, 0.2) is 35.1 Å². The molecule has 0 spiro atoms. The molecule has 2 rings (SSSR count). The largest absolute Gasteiger partial charge is 0.481 e. The van der Waals surface area contributed by atoms with Gasteiger partial charge in [-0.15, -0.1) is 0 Å². The average molecular weight is 252 g/mol. The number of aryl methyl sites for hydroxylation is 1. The van der Waals surface area contributed by atoms with Crippen LogP contribution in [0.25, 0.3) is 11.1 Å². The zero-order valence-electron chi connectivity index (χ0n) is 8.89. The molecule has 5 heteroatoms. The van der Waals surface area contributed by atoms with Crippen molar-refractivity contribution in [3.05, 3.63) is 41.2 Å². The number of aromatic nitrogens is 1. The fourth-order valence-electron chi connectivity index (χ4n) is 1.53. The summed E-state index contributed by atoms with van der Waals surface area (Å²) in [5, 5.41) is 13.1. The lowest BCUT2D eigenvalue weighted by molar-refractivity contribution is -0.136. The third kappa shape index (κ3) is 2.85. The first kappa shape index (κ1) is 11.7. The number of carboxylic acids is 1. The summed E-state index contributed by atoms with van der Waals surface area (Å²) in [4.78, 5) is 10.5. The molecular formula is C12H10ClNO3. The van der Waals surface area contributed by atoms with Gasteiger partial charge in [0.25, 0.3) is 0 Å². The average Bonchev–Trinajstić information content (AvgIpc) is 2.75. The predicted molar refractivity (Wildman–Crippen MR) is 62.9 cm³/mol. The van der Waals surface area contributed by atoms with Gasteiger partial charge in [0.2, 0.25) is 0 Å². The highest BCUT2D eigenvalue weighted by atomic mass is 35.5. The van der Waals surface area contributed by atoms with E-state index in [9.17, 15) is 4.79 Å². The number of halogens is 1. The molecule has 0 radical (unpaired) electrons. The van der Waals surface area contributed by atoms with Crippen LogP contribution < -0.4 is 0 Å². The van der Waals surface area contributed by atoms with Gasteiger partial charge in [0.15, 0.2) is 0 Å². The summed E-state index contributed by atoms with van der Waals surface area (Å²) < 4.78 is 4.89. The minimum Gasteiger partial charge on any atom is -0.481 e. The van der Waals surface area contributed by atoms with Crippen molar-refractivity contribution in [1.82, 2.24) is 5.16 Å². The molecule has 0 saturated heterocycles. The van der Waals surface area contributed by atoms with Crippen molar-refractivity contribution in [3.63, 3.8) is 0 Å². The topological polar surface area (TPSA) is 63.3 Å². The predicted octanol–water partition coefficient (Wildman–Crippen LogP) is 3.01. The van der Waals surface area contributed by atoms with Gasteiger partial charge >= 0.3 is 5.97 Å². The van der Waals surface area contributed by atoms with E-state index in [0.717, 1.165) is 11.1 Å². The van der Waals surface area contributed by atoms with Crippen molar-refractivity contribution >= 4 is 17.6 Å². The molecule has 0 amide bonds. The smallest absolute Gasteiger partial charge is 0.303 e. The van der Waals surface area contributed by atoms with E-state index in [0.29, 0.717) is 17.1 Å². The molecule has 1 aromatic carbocycles. The van der Waals surface area contributed by atoms with Crippen molar-refractivity contribution in [2.45, 2.75) is 12.8 Å². The molecule has 17 heavy (non-hydrogen) atoms. The number of aliphatic carboxylic acids is 1. The molecular weight excluding hydrogens is 242 g/mol. The molecule has 0 aliphatic carbocycles. The number of benzene rings is 1. The van der Waals surface area contributed by atoms with Gasteiger partial charge in [0.1, 0.15) is 6.26 Å². The molecule has 0 saturated carbocycles. The molecule has 1 heterocycles. The lowest BCUT2D eigenvalue weighted by atomic mass is 10.0. The quantitative estimate of drug-likeness (QED) is 0.907. The minimum absolute atomic E-state index is 0.0348. The molecule has 0 aliphatic heterocycles. The van der Waals surface area contributed by atoms with Crippen molar-refractivity contribution in [3.8, 4) is 11.1 Å². The highest BCUT2D eigenvalue weighted by Crippen LogP contribution is 2.25. The lowest BCUT2D eigenvalue weighted by Gasteiger charge is -2.00. The summed E-state index contributed by atoms with van der Waals surface area (Å²) in [6.45, 7) is 0. The Labute approximate surface area is 103 Å². The van der Waals surface area contributed by atoms with E-state index < -0.39 is 5.97 Å². The third-order valence-corrected chi connectivity index (χ3v) is 2.63. The highest BCUT2D eigenvalue weighted by molar-refractivity contribution is 6.30. The molecule has 0 bridgehead atoms. The maximum absolute atomic E-state index is 10.5. The van der Waals surface area contributed by atoms with Crippen molar-refractivity contribution < 1.29 is 14.4 Å². The van der Waals surface area contributed by atoms with Crippen LogP contribution >= 0.6 is 11.6 Å². The summed E-state index contributed by atoms with van der Waals surface area (Å²) in [6, 6.07) is 7.23. The number of nitrogens with zero attached hydrogens (tertiary/aromatic N) is 1. The standard InChI is InChI=1S/C12H10ClNO3/c13-9-3-1-8(2-4-9)10-7-17-14-11(10)5-6-12(15)16/h1-4,7H,5-6H2,(H,15,16). The van der Waals surface area contributed by atoms with Gasteiger partial charge in [-0.3, -0.25) is 4.79 Å². The highest BCUT2D eigenvalue weighted by Gasteiger charge is 2.11. The molecule has 0 fully saturated rings. The third-order valence-electron chi connectivity index (χ3n) is 2.38. The normalized spacial score (nSPS) is 10.4. The first-order chi connectivity index (χ1) is 8.16. The first-order valence-corrected chi connectivity index (χ1v) is 5.45. The van der Waals surface area contributed by atoms with Crippen LogP contribution in [-0.4, -0.2) is 16.2 Å². The van der Waals surface area contributed by atoms with Gasteiger partial charge in [-0.2, -0.15) is 0 Å². The second-order valence-corrected chi connectivity index (χ2v) is 4.01. The van der Waals surface area contributed by atoms with Crippen LogP contribution in [0.2, 0.25) is 5.02 Å². The monoisotopic (exact) mass is 251 g/mol. The van der Waals surface area contributed by atoms with E-state index in [-0.39, 0.29) is 6.42 Å². The molecule has 2 aromatic rings. The van der Waals surface area contributed by atoms with E-state index in [4.69, 9.17) is 21.2 Å². The Hall–Kier alpha value is -1.81. The van der Waals surface area contributed by atoms with Crippen LogP contribution in [-0.2, 0) is 11.2 Å². The van der Waals surface area contributed by atoms with E-state index in [1.165, 1.54) is 6.26 Å². The Morgan fingerprint density at radius 2 is 2.06 bits per heavy atom. The van der Waals surface area contributed by atoms with Crippen molar-refractivity contribution in [2.75, 3.05) is 0 Å². The number of carbonyl (C=O) groups is 1. The molecule has 4 nitrogen and oxygen atoms in total. The summed E-state index contributed by atoms with van der Waals surface area (Å²) >= 11 is 5.80. The van der Waals surface area contributed by atoms with Gasteiger partial charge in [0.05, 0.1) is 12.1 Å². The number of carboxylic acid groups (broad SMARTS) is 1. The fourth-order valence-corrected chi connectivity index (χ4v) is 1.66. The number of hydrogen-bond acceptors (Lipinski definition) is 3. The Kier molecular flexibility index (Phi) is 3.44. The van der Waals surface area contributed by atoms with Crippen molar-refractivity contribution in [2.24, 2.45) is 0 Å². The van der Waals surface area contributed by atoms with Crippen LogP contribution in [0.1, 0.15) is 12.1 Å². The van der Waals surface area contributed by atoms with Gasteiger partial charge in [-0.05, 0) is 17.7 Å². The summed E-state index contributed by atoms with van der Waals surface area (Å²) in [6.07, 6.45) is 1.90. The van der Waals surface area contributed by atoms with Crippen LogP contribution in [0.4, 0.5) is 0 Å². The fraction of sp³-hybridized carbons (Fsp3) is 0.167. The Morgan fingerprint density at radius 1 is 1.35 bits per heavy atom. The first-order valence-electron chi connectivity index (χ1n) is 5.08. The van der Waals surface area contributed by atoms with E-state index in [1.807, 2.05) is 12.1 Å². The molecule has 0 atom stereocenters. The Morgan fingerprint density at radius 3 is 2.71 bits per heavy atom. The van der Waals surface area contributed by atoms with Crippen LogP contribution in [0.5, 0.6) is 0 Å². The van der Waals surface area contributed by atoms with Crippen LogP contribution in [0, 0.1) is 0 Å². The second kappa shape index (κ2) is 5.01. The number of rotatable bonds is 4. The summed E-state index contributed by atoms with van der Waals surface area (Å²) in [7, 11) is 0. The number of hydrogen-bond donors (Lipinski definition) is 1. The minimum atomic E-state index is -0.852. The molecule has 88 valence electrons. The zero-order chi connectivity index (χ0) is 12.3. The van der Waals surface area contributed by atoms with Gasteiger partial charge in [-0.25, -0.2) is 0 Å². The van der Waals surface area contributed by atoms with E-state index in [2.05, 4.69) is 5.16 Å². The maximum atomic E-state index is 10.5. The van der Waals surface area contributed by atoms with E-state index in [1.54, 1.807) is 12.1 Å². The maximum Gasteiger partial charge on any atom is 0.303 e.